The highest BCUT2D eigenvalue weighted by Gasteiger charge is 2.51. The molecule has 0 aromatic heterocycles. The number of amides is 1. The minimum Gasteiger partial charge on any atom is -0.493 e. The number of allylic oxidation sites excluding steroid dienone is 1. The number of esters is 1. The minimum atomic E-state index is -0.576. The Bertz CT molecular complexity index is 783. The van der Waals surface area contributed by atoms with Crippen molar-refractivity contribution in [2.75, 3.05) is 20.3 Å². The predicted octanol–water partition coefficient (Wildman–Crippen LogP) is 3.43. The first-order chi connectivity index (χ1) is 14.5. The zero-order valence-electron chi connectivity index (χ0n) is 17.7. The number of nitrogens with one attached hydrogen (secondary N) is 1. The Morgan fingerprint density at radius 3 is 2.37 bits per heavy atom. The normalized spacial score (nSPS) is 28.6. The van der Waals surface area contributed by atoms with Gasteiger partial charge in [0.05, 0.1) is 7.11 Å². The molecule has 1 aromatic carbocycles. The molecule has 0 aliphatic heterocycles. The molecule has 6 nitrogen and oxygen atoms in total. The molecule has 30 heavy (non-hydrogen) atoms. The second-order valence-electron chi connectivity index (χ2n) is 9.17. The van der Waals surface area contributed by atoms with Gasteiger partial charge in [0.15, 0.2) is 24.7 Å². The van der Waals surface area contributed by atoms with Crippen LogP contribution in [0.4, 0.5) is 0 Å². The zero-order chi connectivity index (χ0) is 21.1. The summed E-state index contributed by atoms with van der Waals surface area (Å²) in [7, 11) is 1.55. The van der Waals surface area contributed by atoms with Crippen LogP contribution in [0.25, 0.3) is 0 Å². The largest absolute Gasteiger partial charge is 0.493 e. The Hall–Kier alpha value is -2.50. The Balaban J connectivity index is 1.23. The second kappa shape index (κ2) is 8.70. The number of hydrogen-bond acceptors (Lipinski definition) is 5. The van der Waals surface area contributed by atoms with Crippen LogP contribution in [0.2, 0.25) is 0 Å². The van der Waals surface area contributed by atoms with Crippen LogP contribution in [0.3, 0.4) is 0 Å². The van der Waals surface area contributed by atoms with Crippen molar-refractivity contribution in [3.05, 3.63) is 36.4 Å². The third-order valence-electron chi connectivity index (χ3n) is 6.76. The Kier molecular flexibility index (Phi) is 6.02. The molecule has 1 amide bonds. The molecule has 0 atom stereocenters. The molecular weight excluding hydrogens is 382 g/mol. The summed E-state index contributed by atoms with van der Waals surface area (Å²) in [5.41, 5.74) is 0.966. The van der Waals surface area contributed by atoms with Crippen molar-refractivity contribution < 1.29 is 23.8 Å². The number of methoxy groups -OCH3 is 1. The summed E-state index contributed by atoms with van der Waals surface area (Å²) in [6.45, 7) is 3.18. The molecule has 4 aliphatic rings. The molecule has 0 heterocycles. The number of hydrogen-bond donors (Lipinski definition) is 1. The fourth-order valence-electron chi connectivity index (χ4n) is 6.04. The van der Waals surface area contributed by atoms with E-state index in [0.717, 1.165) is 49.0 Å². The number of carbonyl (C=O) groups is 2. The van der Waals surface area contributed by atoms with Crippen molar-refractivity contribution in [1.29, 1.82) is 0 Å². The standard InChI is InChI=1S/C24H31NO5/c1-3-4-16-5-6-20(21(10-16)28-2)29-15-23(27)30-14-22(26)25-24-11-17-7-18(12-24)9-19(8-17)13-24/h3,5-6,10,17-19H,1,4,7-9,11-15H2,2H3,(H,25,26). The number of rotatable bonds is 9. The highest BCUT2D eigenvalue weighted by molar-refractivity contribution is 5.81. The first-order valence-electron chi connectivity index (χ1n) is 10.9. The van der Waals surface area contributed by atoms with Gasteiger partial charge in [-0.05, 0) is 80.4 Å². The lowest BCUT2D eigenvalue weighted by molar-refractivity contribution is -0.151. The molecule has 1 N–H and O–H groups in total. The van der Waals surface area contributed by atoms with Crippen molar-refractivity contribution in [3.8, 4) is 11.5 Å². The third-order valence-corrected chi connectivity index (χ3v) is 6.76. The number of carbonyl (C=O) groups excluding carboxylic acids is 2. The van der Waals surface area contributed by atoms with E-state index < -0.39 is 5.97 Å². The lowest BCUT2D eigenvalue weighted by atomic mass is 9.53. The molecular formula is C24H31NO5. The molecule has 5 rings (SSSR count). The van der Waals surface area contributed by atoms with Crippen LogP contribution in [0, 0.1) is 17.8 Å². The molecule has 1 aromatic rings. The van der Waals surface area contributed by atoms with E-state index in [2.05, 4.69) is 11.9 Å². The quantitative estimate of drug-likeness (QED) is 0.496. The molecule has 0 unspecified atom stereocenters. The Morgan fingerprint density at radius 1 is 1.10 bits per heavy atom. The van der Waals surface area contributed by atoms with Crippen LogP contribution < -0.4 is 14.8 Å². The van der Waals surface area contributed by atoms with E-state index in [4.69, 9.17) is 14.2 Å². The van der Waals surface area contributed by atoms with Crippen molar-refractivity contribution in [2.45, 2.75) is 50.5 Å². The molecule has 6 heteroatoms. The smallest absolute Gasteiger partial charge is 0.344 e. The van der Waals surface area contributed by atoms with Gasteiger partial charge in [-0.2, -0.15) is 0 Å². The SMILES string of the molecule is C=CCc1ccc(OCC(=O)OCC(=O)NC23CC4CC(CC(C4)C2)C3)c(OC)c1. The van der Waals surface area contributed by atoms with E-state index in [9.17, 15) is 9.59 Å². The maximum Gasteiger partial charge on any atom is 0.344 e. The van der Waals surface area contributed by atoms with E-state index in [-0.39, 0.29) is 24.7 Å². The van der Waals surface area contributed by atoms with Crippen molar-refractivity contribution in [1.82, 2.24) is 5.32 Å². The van der Waals surface area contributed by atoms with E-state index in [1.54, 1.807) is 19.3 Å². The molecule has 4 aliphatic carbocycles. The van der Waals surface area contributed by atoms with Crippen LogP contribution in [0.15, 0.2) is 30.9 Å². The second-order valence-corrected chi connectivity index (χ2v) is 9.17. The summed E-state index contributed by atoms with van der Waals surface area (Å²) in [5.74, 6) is 2.47. The summed E-state index contributed by atoms with van der Waals surface area (Å²) in [4.78, 5) is 24.5. The maximum atomic E-state index is 12.4. The van der Waals surface area contributed by atoms with Crippen LogP contribution in [-0.2, 0) is 20.7 Å². The lowest BCUT2D eigenvalue weighted by Gasteiger charge is -2.56. The van der Waals surface area contributed by atoms with E-state index in [0.29, 0.717) is 11.5 Å². The van der Waals surface area contributed by atoms with Gasteiger partial charge in [-0.15, -0.1) is 6.58 Å². The van der Waals surface area contributed by atoms with Crippen molar-refractivity contribution >= 4 is 11.9 Å². The summed E-state index contributed by atoms with van der Waals surface area (Å²) in [6.07, 6.45) is 9.70. The fraction of sp³-hybridized carbons (Fsp3) is 0.583. The van der Waals surface area contributed by atoms with Crippen molar-refractivity contribution in [2.24, 2.45) is 17.8 Å². The van der Waals surface area contributed by atoms with Gasteiger partial charge in [0, 0.05) is 5.54 Å². The minimum absolute atomic E-state index is 0.0741. The molecule has 162 valence electrons. The number of benzene rings is 1. The molecule has 4 fully saturated rings. The Labute approximate surface area is 178 Å². The van der Waals surface area contributed by atoms with Crippen molar-refractivity contribution in [3.63, 3.8) is 0 Å². The van der Waals surface area contributed by atoms with Crippen LogP contribution >= 0.6 is 0 Å². The molecule has 0 spiro atoms. The zero-order valence-corrected chi connectivity index (χ0v) is 17.7. The van der Waals surface area contributed by atoms with Gasteiger partial charge in [-0.25, -0.2) is 4.79 Å². The lowest BCUT2D eigenvalue weighted by Crippen LogP contribution is -2.60. The molecule has 0 radical (unpaired) electrons. The van der Waals surface area contributed by atoms with Gasteiger partial charge in [0.1, 0.15) is 0 Å². The first-order valence-corrected chi connectivity index (χ1v) is 10.9. The topological polar surface area (TPSA) is 73.9 Å². The monoisotopic (exact) mass is 413 g/mol. The van der Waals surface area contributed by atoms with Gasteiger partial charge in [0.2, 0.25) is 0 Å². The van der Waals surface area contributed by atoms with Gasteiger partial charge in [-0.3, -0.25) is 4.79 Å². The third kappa shape index (κ3) is 4.63. The molecule has 4 saturated carbocycles. The predicted molar refractivity (Wildman–Crippen MR) is 112 cm³/mol. The summed E-state index contributed by atoms with van der Waals surface area (Å²) in [5, 5.41) is 3.21. The maximum absolute atomic E-state index is 12.4. The van der Waals surface area contributed by atoms with E-state index in [1.807, 2.05) is 12.1 Å². The molecule has 0 saturated heterocycles. The average Bonchev–Trinajstić information content (AvgIpc) is 2.70. The van der Waals surface area contributed by atoms with Crippen LogP contribution in [0.5, 0.6) is 11.5 Å². The van der Waals surface area contributed by atoms with Gasteiger partial charge in [0.25, 0.3) is 5.91 Å². The van der Waals surface area contributed by atoms with Crippen LogP contribution in [-0.4, -0.2) is 37.7 Å². The van der Waals surface area contributed by atoms with Gasteiger partial charge >= 0.3 is 5.97 Å². The summed E-state index contributed by atoms with van der Waals surface area (Å²) in [6, 6.07) is 5.50. The number of ether oxygens (including phenoxy) is 3. The average molecular weight is 414 g/mol. The highest BCUT2D eigenvalue weighted by atomic mass is 16.6. The highest BCUT2D eigenvalue weighted by Crippen LogP contribution is 2.55. The molecule has 4 bridgehead atoms. The first kappa shape index (κ1) is 20.8. The Morgan fingerprint density at radius 2 is 1.77 bits per heavy atom. The summed E-state index contributed by atoms with van der Waals surface area (Å²) < 4.78 is 16.0. The fourth-order valence-corrected chi connectivity index (χ4v) is 6.04. The van der Waals surface area contributed by atoms with Gasteiger partial charge in [-0.1, -0.05) is 12.1 Å². The van der Waals surface area contributed by atoms with E-state index in [1.165, 1.54) is 19.3 Å². The van der Waals surface area contributed by atoms with Crippen LogP contribution in [0.1, 0.15) is 44.1 Å². The van der Waals surface area contributed by atoms with E-state index >= 15 is 0 Å². The van der Waals surface area contributed by atoms with Gasteiger partial charge < -0.3 is 19.5 Å². The summed E-state index contributed by atoms with van der Waals surface area (Å²) >= 11 is 0.